The third-order valence-electron chi connectivity index (χ3n) is 6.01. The van der Waals surface area contributed by atoms with E-state index in [-0.39, 0.29) is 12.1 Å². The Balaban J connectivity index is 1.67. The van der Waals surface area contributed by atoms with E-state index in [9.17, 15) is 0 Å². The molecule has 2 atom stereocenters. The van der Waals surface area contributed by atoms with Crippen molar-refractivity contribution in [3.63, 3.8) is 0 Å². The van der Waals surface area contributed by atoms with Crippen LogP contribution in [0, 0.1) is 13.8 Å². The lowest BCUT2D eigenvalue weighted by Gasteiger charge is -2.28. The zero-order valence-electron chi connectivity index (χ0n) is 17.9. The molecule has 3 heterocycles. The number of pyridine rings is 1. The number of benzene rings is 2. The Labute approximate surface area is 198 Å². The van der Waals surface area contributed by atoms with Crippen LogP contribution in [0.4, 0.5) is 5.69 Å². The van der Waals surface area contributed by atoms with Crippen molar-refractivity contribution in [2.75, 3.05) is 4.90 Å². The van der Waals surface area contributed by atoms with Crippen molar-refractivity contribution >= 4 is 34.6 Å². The molecular weight excluding hydrogens is 436 g/mol. The molecule has 160 valence electrons. The van der Waals surface area contributed by atoms with E-state index in [4.69, 9.17) is 23.8 Å². The summed E-state index contributed by atoms with van der Waals surface area (Å²) in [5.41, 5.74) is 6.65. The molecule has 0 bridgehead atoms. The number of para-hydroxylation sites is 1. The number of nitrogens with zero attached hydrogens (tertiary/aromatic N) is 3. The molecule has 4 aromatic rings. The predicted molar refractivity (Wildman–Crippen MR) is 135 cm³/mol. The fourth-order valence-corrected chi connectivity index (χ4v) is 5.08. The van der Waals surface area contributed by atoms with Crippen molar-refractivity contribution < 1.29 is 0 Å². The molecule has 2 aromatic heterocycles. The summed E-state index contributed by atoms with van der Waals surface area (Å²) in [5.74, 6) is 0. The average Bonchev–Trinajstić information content (AvgIpc) is 3.31. The average molecular weight is 459 g/mol. The summed E-state index contributed by atoms with van der Waals surface area (Å²) < 4.78 is 2.27. The third-order valence-corrected chi connectivity index (χ3v) is 6.57. The lowest BCUT2D eigenvalue weighted by atomic mass is 9.96. The lowest BCUT2D eigenvalue weighted by molar-refractivity contribution is 0.565. The molecule has 5 rings (SSSR count). The molecule has 2 aromatic carbocycles. The Bertz CT molecular complexity index is 1250. The van der Waals surface area contributed by atoms with Crippen LogP contribution >= 0.6 is 23.8 Å². The van der Waals surface area contributed by atoms with E-state index >= 15 is 0 Å². The van der Waals surface area contributed by atoms with Crippen molar-refractivity contribution in [2.24, 2.45) is 0 Å². The van der Waals surface area contributed by atoms with Crippen molar-refractivity contribution in [3.8, 4) is 5.69 Å². The largest absolute Gasteiger partial charge is 0.351 e. The molecule has 0 radical (unpaired) electrons. The van der Waals surface area contributed by atoms with E-state index < -0.39 is 0 Å². The second-order valence-corrected chi connectivity index (χ2v) is 8.79. The number of hydrogen-bond acceptors (Lipinski definition) is 2. The van der Waals surface area contributed by atoms with Gasteiger partial charge in [-0.05, 0) is 86.2 Å². The van der Waals surface area contributed by atoms with Crippen LogP contribution < -0.4 is 10.2 Å². The number of aromatic nitrogens is 2. The maximum atomic E-state index is 6.13. The number of halogens is 1. The molecular formula is C26H23ClN4S. The summed E-state index contributed by atoms with van der Waals surface area (Å²) in [6, 6.07) is 26.4. The van der Waals surface area contributed by atoms with Crippen LogP contribution in [0.3, 0.4) is 0 Å². The lowest BCUT2D eigenvalue weighted by Crippen LogP contribution is -2.29. The Kier molecular flexibility index (Phi) is 5.45. The van der Waals surface area contributed by atoms with Gasteiger partial charge in [-0.1, -0.05) is 35.9 Å². The Hall–Kier alpha value is -3.15. The first kappa shape index (κ1) is 20.7. The van der Waals surface area contributed by atoms with Crippen LogP contribution in [0.5, 0.6) is 0 Å². The van der Waals surface area contributed by atoms with E-state index in [1.165, 1.54) is 11.3 Å². The van der Waals surface area contributed by atoms with E-state index in [1.54, 1.807) is 0 Å². The number of aryl methyl sites for hydroxylation is 1. The van der Waals surface area contributed by atoms with E-state index in [1.807, 2.05) is 48.7 Å². The standard InChI is InChI=1S/C26H23ClN4S/c1-17-16-22(18(2)30(17)21-13-11-19(27)12-14-21)25-24(23-10-6-7-15-28-23)29-26(32)31(25)20-8-4-3-5-9-20/h3-16,24-25H,1-2H3,(H,29,32)/t24-,25+/m0/s1. The van der Waals surface area contributed by atoms with Crippen molar-refractivity contribution in [3.05, 3.63) is 113 Å². The van der Waals surface area contributed by atoms with Gasteiger partial charge in [0.05, 0.1) is 17.8 Å². The molecule has 1 aliphatic rings. The van der Waals surface area contributed by atoms with Crippen molar-refractivity contribution in [2.45, 2.75) is 25.9 Å². The first-order valence-corrected chi connectivity index (χ1v) is 11.3. The molecule has 1 fully saturated rings. The van der Waals surface area contributed by atoms with Gasteiger partial charge in [0.2, 0.25) is 0 Å². The van der Waals surface area contributed by atoms with Gasteiger partial charge in [-0.2, -0.15) is 0 Å². The van der Waals surface area contributed by atoms with Crippen LogP contribution in [-0.4, -0.2) is 14.7 Å². The maximum absolute atomic E-state index is 6.13. The first-order valence-electron chi connectivity index (χ1n) is 10.5. The molecule has 0 amide bonds. The van der Waals surface area contributed by atoms with Gasteiger partial charge in [0.1, 0.15) is 0 Å². The minimum Gasteiger partial charge on any atom is -0.351 e. The smallest absolute Gasteiger partial charge is 0.174 e. The maximum Gasteiger partial charge on any atom is 0.174 e. The summed E-state index contributed by atoms with van der Waals surface area (Å²) in [6.07, 6.45) is 1.83. The molecule has 4 nitrogen and oxygen atoms in total. The van der Waals surface area contributed by atoms with Crippen LogP contribution in [-0.2, 0) is 0 Å². The fraction of sp³-hybridized carbons (Fsp3) is 0.154. The summed E-state index contributed by atoms with van der Waals surface area (Å²) >= 11 is 12.0. The molecule has 0 saturated carbocycles. The number of thiocarbonyl (C=S) groups is 1. The summed E-state index contributed by atoms with van der Waals surface area (Å²) in [4.78, 5) is 6.87. The SMILES string of the molecule is Cc1cc([C@@H]2[C@H](c3ccccn3)NC(=S)N2c2ccccc2)c(C)n1-c1ccc(Cl)cc1. The van der Waals surface area contributed by atoms with Gasteiger partial charge in [0.15, 0.2) is 5.11 Å². The highest BCUT2D eigenvalue weighted by atomic mass is 35.5. The first-order chi connectivity index (χ1) is 15.5. The predicted octanol–water partition coefficient (Wildman–Crippen LogP) is 6.32. The van der Waals surface area contributed by atoms with Crippen LogP contribution in [0.25, 0.3) is 5.69 Å². The fourth-order valence-electron chi connectivity index (χ4n) is 4.61. The number of rotatable bonds is 4. The molecule has 0 spiro atoms. The van der Waals surface area contributed by atoms with E-state index in [0.29, 0.717) is 5.11 Å². The van der Waals surface area contributed by atoms with E-state index in [0.717, 1.165) is 27.8 Å². The van der Waals surface area contributed by atoms with Crippen LogP contribution in [0.1, 0.15) is 34.7 Å². The Morgan fingerprint density at radius 3 is 2.31 bits per heavy atom. The van der Waals surface area contributed by atoms with Gasteiger partial charge < -0.3 is 14.8 Å². The molecule has 1 N–H and O–H groups in total. The van der Waals surface area contributed by atoms with Crippen molar-refractivity contribution in [1.29, 1.82) is 0 Å². The summed E-state index contributed by atoms with van der Waals surface area (Å²) in [7, 11) is 0. The van der Waals surface area contributed by atoms with Gasteiger partial charge in [-0.25, -0.2) is 0 Å². The van der Waals surface area contributed by atoms with Gasteiger partial charge in [0, 0.05) is 34.0 Å². The molecule has 1 aliphatic heterocycles. The highest BCUT2D eigenvalue weighted by Gasteiger charge is 2.42. The molecule has 0 unspecified atom stereocenters. The summed E-state index contributed by atoms with van der Waals surface area (Å²) in [5, 5.41) is 4.97. The topological polar surface area (TPSA) is 33.1 Å². The minimum atomic E-state index is -0.0666. The molecule has 1 saturated heterocycles. The highest BCUT2D eigenvalue weighted by Crippen LogP contribution is 2.43. The van der Waals surface area contributed by atoms with Crippen LogP contribution in [0.2, 0.25) is 5.02 Å². The van der Waals surface area contributed by atoms with E-state index in [2.05, 4.69) is 70.0 Å². The second-order valence-electron chi connectivity index (χ2n) is 7.97. The Morgan fingerprint density at radius 2 is 1.62 bits per heavy atom. The van der Waals surface area contributed by atoms with Gasteiger partial charge >= 0.3 is 0 Å². The molecule has 6 heteroatoms. The monoisotopic (exact) mass is 458 g/mol. The quantitative estimate of drug-likeness (QED) is 0.363. The number of hydrogen-bond donors (Lipinski definition) is 1. The molecule has 0 aliphatic carbocycles. The summed E-state index contributed by atoms with van der Waals surface area (Å²) in [6.45, 7) is 4.30. The zero-order valence-corrected chi connectivity index (χ0v) is 19.4. The normalized spacial score (nSPS) is 18.1. The number of nitrogens with one attached hydrogen (secondary N) is 1. The van der Waals surface area contributed by atoms with Gasteiger partial charge in [-0.3, -0.25) is 4.98 Å². The van der Waals surface area contributed by atoms with Crippen molar-refractivity contribution in [1.82, 2.24) is 14.9 Å². The highest BCUT2D eigenvalue weighted by molar-refractivity contribution is 7.80. The minimum absolute atomic E-state index is 0.0351. The number of anilines is 1. The molecule has 32 heavy (non-hydrogen) atoms. The zero-order chi connectivity index (χ0) is 22.2. The van der Waals surface area contributed by atoms with Gasteiger partial charge in [-0.15, -0.1) is 0 Å². The van der Waals surface area contributed by atoms with Crippen LogP contribution in [0.15, 0.2) is 85.1 Å². The van der Waals surface area contributed by atoms with Gasteiger partial charge in [0.25, 0.3) is 0 Å². The second kappa shape index (κ2) is 8.41. The Morgan fingerprint density at radius 1 is 0.906 bits per heavy atom. The third kappa shape index (κ3) is 3.57.